The first kappa shape index (κ1) is 24.2. The van der Waals surface area contributed by atoms with Crippen molar-refractivity contribution >= 4 is 17.3 Å². The van der Waals surface area contributed by atoms with Gasteiger partial charge in [0, 0.05) is 47.7 Å². The van der Waals surface area contributed by atoms with Crippen LogP contribution in [-0.4, -0.2) is 54.1 Å². The van der Waals surface area contributed by atoms with Crippen LogP contribution < -0.4 is 10.1 Å². The third-order valence-corrected chi connectivity index (χ3v) is 5.28. The third-order valence-electron chi connectivity index (χ3n) is 5.28. The summed E-state index contributed by atoms with van der Waals surface area (Å²) >= 11 is 0. The van der Waals surface area contributed by atoms with Crippen molar-refractivity contribution in [3.63, 3.8) is 0 Å². The Balaban J connectivity index is 2.05. The number of aromatic nitrogens is 1. The highest BCUT2D eigenvalue weighted by molar-refractivity contribution is 5.94. The first-order valence-corrected chi connectivity index (χ1v) is 10.9. The Bertz CT molecular complexity index is 1060. The zero-order valence-corrected chi connectivity index (χ0v) is 19.6. The Morgan fingerprint density at radius 1 is 1.30 bits per heavy atom. The molecule has 9 heteroatoms. The van der Waals surface area contributed by atoms with Gasteiger partial charge in [0.05, 0.1) is 16.6 Å². The fourth-order valence-corrected chi connectivity index (χ4v) is 3.82. The number of allylic oxidation sites excluding steroid dienone is 1. The minimum Gasteiger partial charge on any atom is -0.475 e. The van der Waals surface area contributed by atoms with Crippen molar-refractivity contribution in [2.45, 2.75) is 39.2 Å². The van der Waals surface area contributed by atoms with Crippen LogP contribution in [0.1, 0.15) is 37.8 Å². The summed E-state index contributed by atoms with van der Waals surface area (Å²) < 4.78 is 11.6. The maximum Gasteiger partial charge on any atom is 0.336 e. The number of fused-ring (bicyclic) bond motifs is 1. The molecule has 2 aromatic rings. The molecular formula is C24H30N4O5. The van der Waals surface area contributed by atoms with Crippen LogP contribution in [0.5, 0.6) is 5.88 Å². The lowest BCUT2D eigenvalue weighted by molar-refractivity contribution is -0.384. The lowest BCUT2D eigenvalue weighted by Crippen LogP contribution is -2.28. The van der Waals surface area contributed by atoms with E-state index in [2.05, 4.69) is 10.3 Å². The van der Waals surface area contributed by atoms with Gasteiger partial charge in [-0.05, 0) is 52.9 Å². The van der Waals surface area contributed by atoms with Crippen LogP contribution in [0.25, 0.3) is 0 Å². The number of rotatable bonds is 9. The number of likely N-dealkylation sites (N-methyl/N-ethyl adjacent to an activating group) is 1. The number of pyridine rings is 1. The van der Waals surface area contributed by atoms with Crippen LogP contribution in [0.4, 0.5) is 11.4 Å². The SMILES string of the molecule is CC1=C(C(=O)OCCN(C)C)C(Cc2cccc([N+](=O)[O-])c2)c2c(ccnc2OC(C)C)N1. The molecule has 0 spiro atoms. The average Bonchev–Trinajstić information content (AvgIpc) is 2.73. The number of nitrogens with one attached hydrogen (secondary N) is 1. The molecule has 3 rings (SSSR count). The summed E-state index contributed by atoms with van der Waals surface area (Å²) in [6, 6.07) is 8.28. The van der Waals surface area contributed by atoms with Crippen LogP contribution in [0.15, 0.2) is 47.8 Å². The summed E-state index contributed by atoms with van der Waals surface area (Å²) in [5.74, 6) is -0.448. The van der Waals surface area contributed by atoms with Crippen LogP contribution >= 0.6 is 0 Å². The number of nitro groups is 1. The molecule has 2 heterocycles. The van der Waals surface area contributed by atoms with Gasteiger partial charge >= 0.3 is 5.97 Å². The van der Waals surface area contributed by atoms with E-state index in [0.29, 0.717) is 30.1 Å². The molecule has 0 saturated heterocycles. The van der Waals surface area contributed by atoms with Gasteiger partial charge in [-0.2, -0.15) is 0 Å². The predicted octanol–water partition coefficient (Wildman–Crippen LogP) is 3.91. The van der Waals surface area contributed by atoms with Crippen molar-refractivity contribution in [3.8, 4) is 5.88 Å². The second-order valence-corrected chi connectivity index (χ2v) is 8.53. The normalized spacial score (nSPS) is 15.3. The van der Waals surface area contributed by atoms with E-state index >= 15 is 0 Å². The molecule has 1 atom stereocenters. The molecule has 0 radical (unpaired) electrons. The largest absolute Gasteiger partial charge is 0.475 e. The third kappa shape index (κ3) is 5.87. The molecular weight excluding hydrogens is 424 g/mol. The molecule has 0 bridgehead atoms. The molecule has 0 fully saturated rings. The molecule has 1 aromatic heterocycles. The fraction of sp³-hybridized carbons (Fsp3) is 0.417. The number of non-ortho nitro benzene ring substituents is 1. The van der Waals surface area contributed by atoms with E-state index in [1.807, 2.05) is 51.9 Å². The molecule has 1 N–H and O–H groups in total. The molecule has 1 aromatic carbocycles. The Morgan fingerprint density at radius 2 is 2.06 bits per heavy atom. The summed E-state index contributed by atoms with van der Waals surface area (Å²) in [6.45, 7) is 6.49. The van der Waals surface area contributed by atoms with Gasteiger partial charge in [-0.3, -0.25) is 10.1 Å². The van der Waals surface area contributed by atoms with Gasteiger partial charge < -0.3 is 19.7 Å². The van der Waals surface area contributed by atoms with Gasteiger partial charge in [0.2, 0.25) is 5.88 Å². The van der Waals surface area contributed by atoms with Crippen molar-refractivity contribution < 1.29 is 19.2 Å². The average molecular weight is 455 g/mol. The van der Waals surface area contributed by atoms with Crippen molar-refractivity contribution in [1.29, 1.82) is 0 Å². The lowest BCUT2D eigenvalue weighted by Gasteiger charge is -2.31. The highest BCUT2D eigenvalue weighted by Crippen LogP contribution is 2.44. The van der Waals surface area contributed by atoms with E-state index in [1.165, 1.54) is 12.1 Å². The number of carbonyl (C=O) groups is 1. The number of benzene rings is 1. The quantitative estimate of drug-likeness (QED) is 0.345. The second-order valence-electron chi connectivity index (χ2n) is 8.53. The highest BCUT2D eigenvalue weighted by atomic mass is 16.6. The number of carbonyl (C=O) groups excluding carboxylic acids is 1. The van der Waals surface area contributed by atoms with Crippen LogP contribution in [0.2, 0.25) is 0 Å². The van der Waals surface area contributed by atoms with E-state index in [4.69, 9.17) is 9.47 Å². The number of nitro benzene ring substituents is 1. The smallest absolute Gasteiger partial charge is 0.336 e. The number of esters is 1. The summed E-state index contributed by atoms with van der Waals surface area (Å²) in [4.78, 5) is 30.4. The van der Waals surface area contributed by atoms with Gasteiger partial charge in [0.25, 0.3) is 5.69 Å². The number of hydrogen-bond donors (Lipinski definition) is 1. The first-order valence-electron chi connectivity index (χ1n) is 10.9. The van der Waals surface area contributed by atoms with E-state index in [9.17, 15) is 14.9 Å². The number of anilines is 1. The Kier molecular flexibility index (Phi) is 7.65. The predicted molar refractivity (Wildman–Crippen MR) is 125 cm³/mol. The molecule has 33 heavy (non-hydrogen) atoms. The molecule has 9 nitrogen and oxygen atoms in total. The van der Waals surface area contributed by atoms with Gasteiger partial charge in [0.15, 0.2) is 0 Å². The monoisotopic (exact) mass is 454 g/mol. The molecule has 0 saturated carbocycles. The molecule has 1 aliphatic heterocycles. The topological polar surface area (TPSA) is 107 Å². The zero-order valence-electron chi connectivity index (χ0n) is 19.6. The summed E-state index contributed by atoms with van der Waals surface area (Å²) in [5, 5.41) is 14.6. The minimum absolute atomic E-state index is 0.00214. The second kappa shape index (κ2) is 10.4. The molecule has 0 aliphatic carbocycles. The van der Waals surface area contributed by atoms with Crippen LogP contribution in [0.3, 0.4) is 0 Å². The van der Waals surface area contributed by atoms with Crippen molar-refractivity contribution in [3.05, 3.63) is 69.0 Å². The maximum absolute atomic E-state index is 13.2. The molecule has 0 amide bonds. The summed E-state index contributed by atoms with van der Waals surface area (Å²) in [5.41, 5.74) is 3.40. The van der Waals surface area contributed by atoms with Crippen molar-refractivity contribution in [2.24, 2.45) is 0 Å². The van der Waals surface area contributed by atoms with Crippen LogP contribution in [-0.2, 0) is 16.0 Å². The number of nitrogens with zero attached hydrogens (tertiary/aromatic N) is 3. The standard InChI is InChI=1S/C24H30N4O5/c1-15(2)33-23-22-19(14-17-7-6-8-18(13-17)28(30)31)21(24(29)32-12-11-27(4)5)16(3)26-20(22)9-10-25-23/h6-10,13,15,19,26H,11-12,14H2,1-5H3. The Hall–Kier alpha value is -3.46. The molecule has 1 aliphatic rings. The summed E-state index contributed by atoms with van der Waals surface area (Å²) in [7, 11) is 3.81. The van der Waals surface area contributed by atoms with E-state index in [-0.39, 0.29) is 18.4 Å². The minimum atomic E-state index is -0.447. The molecule has 1 unspecified atom stereocenters. The van der Waals surface area contributed by atoms with Gasteiger partial charge in [-0.1, -0.05) is 12.1 Å². The molecule has 176 valence electrons. The van der Waals surface area contributed by atoms with E-state index in [1.54, 1.807) is 12.3 Å². The van der Waals surface area contributed by atoms with Gasteiger partial charge in [0.1, 0.15) is 6.61 Å². The number of ether oxygens (including phenoxy) is 2. The fourth-order valence-electron chi connectivity index (χ4n) is 3.82. The summed E-state index contributed by atoms with van der Waals surface area (Å²) in [6.07, 6.45) is 1.89. The maximum atomic E-state index is 13.2. The Labute approximate surface area is 193 Å². The first-order chi connectivity index (χ1) is 15.7. The zero-order chi connectivity index (χ0) is 24.1. The number of hydrogen-bond acceptors (Lipinski definition) is 8. The van der Waals surface area contributed by atoms with Crippen molar-refractivity contribution in [1.82, 2.24) is 9.88 Å². The van der Waals surface area contributed by atoms with Gasteiger partial charge in [-0.15, -0.1) is 0 Å². The highest BCUT2D eigenvalue weighted by Gasteiger charge is 2.35. The van der Waals surface area contributed by atoms with Gasteiger partial charge in [-0.25, -0.2) is 9.78 Å². The van der Waals surface area contributed by atoms with Crippen molar-refractivity contribution in [2.75, 3.05) is 32.6 Å². The Morgan fingerprint density at radius 3 is 2.73 bits per heavy atom. The van der Waals surface area contributed by atoms with Crippen LogP contribution in [0, 0.1) is 10.1 Å². The van der Waals surface area contributed by atoms with E-state index < -0.39 is 16.8 Å². The lowest BCUT2D eigenvalue weighted by atomic mass is 9.82. The van der Waals surface area contributed by atoms with E-state index in [0.717, 1.165) is 16.8 Å².